The van der Waals surface area contributed by atoms with Gasteiger partial charge in [-0.2, -0.15) is 0 Å². The molecule has 0 bridgehead atoms. The first-order valence-corrected chi connectivity index (χ1v) is 7.95. The lowest BCUT2D eigenvalue weighted by atomic mass is 9.75. The minimum atomic E-state index is -1.11. The molecule has 0 aliphatic heterocycles. The third kappa shape index (κ3) is 2.65. The molecule has 21 heavy (non-hydrogen) atoms. The molecule has 2 aromatic carbocycles. The number of hydrogen-bond donors (Lipinski definition) is 1. The summed E-state index contributed by atoms with van der Waals surface area (Å²) in [5.41, 5.74) is 3.41. The Morgan fingerprint density at radius 3 is 2.62 bits per heavy atom. The first kappa shape index (κ1) is 14.7. The Morgan fingerprint density at radius 2 is 1.90 bits per heavy atom. The molecular weight excluding hydrogens is 331 g/mol. The van der Waals surface area contributed by atoms with E-state index >= 15 is 0 Å². The molecule has 1 aliphatic rings. The van der Waals surface area contributed by atoms with Crippen LogP contribution in [0.4, 0.5) is 4.39 Å². The molecule has 2 aromatic rings. The lowest BCUT2D eigenvalue weighted by Crippen LogP contribution is -2.35. The maximum atomic E-state index is 14.4. The monoisotopic (exact) mass is 348 g/mol. The fourth-order valence-corrected chi connectivity index (χ4v) is 3.87. The molecule has 0 saturated carbocycles. The molecule has 3 rings (SSSR count). The van der Waals surface area contributed by atoms with E-state index in [0.29, 0.717) is 18.4 Å². The maximum Gasteiger partial charge on any atom is 0.129 e. The van der Waals surface area contributed by atoms with Gasteiger partial charge in [-0.15, -0.1) is 0 Å². The Kier molecular flexibility index (Phi) is 3.66. The lowest BCUT2D eigenvalue weighted by Gasteiger charge is -2.35. The van der Waals surface area contributed by atoms with Crippen LogP contribution in [0, 0.1) is 19.7 Å². The summed E-state index contributed by atoms with van der Waals surface area (Å²) in [6.45, 7) is 3.75. The van der Waals surface area contributed by atoms with Crippen molar-refractivity contribution in [3.63, 3.8) is 0 Å². The highest BCUT2D eigenvalue weighted by Crippen LogP contribution is 2.40. The molecular formula is C18H18BrFO. The Bertz CT molecular complexity index is 687. The van der Waals surface area contributed by atoms with Gasteiger partial charge in [0.2, 0.25) is 0 Å². The predicted octanol–water partition coefficient (Wildman–Crippen LogP) is 4.58. The van der Waals surface area contributed by atoms with Crippen LogP contribution in [0.1, 0.15) is 34.2 Å². The maximum absolute atomic E-state index is 14.4. The molecule has 0 fully saturated rings. The number of hydrogen-bond acceptors (Lipinski definition) is 1. The largest absolute Gasteiger partial charge is 0.385 e. The van der Waals surface area contributed by atoms with Crippen molar-refractivity contribution in [3.05, 3.63) is 68.4 Å². The van der Waals surface area contributed by atoms with Crippen LogP contribution in [0.2, 0.25) is 0 Å². The SMILES string of the molecule is Cc1cc(C)c(C2(O)CCc3cc(Br)ccc3C2)c(F)c1. The van der Waals surface area contributed by atoms with Crippen LogP contribution in [0.15, 0.2) is 34.8 Å². The number of aliphatic hydroxyl groups is 1. The molecule has 0 heterocycles. The zero-order chi connectivity index (χ0) is 15.2. The second kappa shape index (κ2) is 5.22. The van der Waals surface area contributed by atoms with Gasteiger partial charge in [0.1, 0.15) is 5.82 Å². The average Bonchev–Trinajstić information content (AvgIpc) is 2.38. The van der Waals surface area contributed by atoms with Crippen molar-refractivity contribution >= 4 is 15.9 Å². The number of fused-ring (bicyclic) bond motifs is 1. The zero-order valence-corrected chi connectivity index (χ0v) is 13.8. The molecule has 1 nitrogen and oxygen atoms in total. The predicted molar refractivity (Wildman–Crippen MR) is 85.9 cm³/mol. The number of benzene rings is 2. The fourth-order valence-electron chi connectivity index (χ4n) is 3.46. The van der Waals surface area contributed by atoms with Gasteiger partial charge in [0.15, 0.2) is 0 Å². The second-order valence-electron chi connectivity index (χ2n) is 6.06. The summed E-state index contributed by atoms with van der Waals surface area (Å²) in [6.07, 6.45) is 1.78. The molecule has 110 valence electrons. The minimum absolute atomic E-state index is 0.296. The number of aryl methyl sites for hydroxylation is 3. The first-order chi connectivity index (χ1) is 9.89. The van der Waals surface area contributed by atoms with Crippen molar-refractivity contribution in [2.45, 2.75) is 38.7 Å². The van der Waals surface area contributed by atoms with Crippen molar-refractivity contribution in [2.24, 2.45) is 0 Å². The van der Waals surface area contributed by atoms with Gasteiger partial charge < -0.3 is 5.11 Å². The molecule has 0 spiro atoms. The molecule has 1 N–H and O–H groups in total. The highest BCUT2D eigenvalue weighted by atomic mass is 79.9. The van der Waals surface area contributed by atoms with Gasteiger partial charge >= 0.3 is 0 Å². The van der Waals surface area contributed by atoms with Gasteiger partial charge in [-0.05, 0) is 67.1 Å². The van der Waals surface area contributed by atoms with Crippen LogP contribution in [0.25, 0.3) is 0 Å². The van der Waals surface area contributed by atoms with Crippen molar-refractivity contribution in [3.8, 4) is 0 Å². The van der Waals surface area contributed by atoms with Crippen molar-refractivity contribution in [1.82, 2.24) is 0 Å². The van der Waals surface area contributed by atoms with Gasteiger partial charge in [0.05, 0.1) is 5.60 Å². The van der Waals surface area contributed by atoms with E-state index in [0.717, 1.165) is 27.6 Å². The van der Waals surface area contributed by atoms with Crippen LogP contribution in [0.5, 0.6) is 0 Å². The van der Waals surface area contributed by atoms with E-state index < -0.39 is 5.60 Å². The standard InChI is InChI=1S/C18H18BrFO/c1-11-7-12(2)17(16(20)8-11)18(21)6-5-13-9-15(19)4-3-14(13)10-18/h3-4,7-9,21H,5-6,10H2,1-2H3. The van der Waals surface area contributed by atoms with E-state index in [1.807, 2.05) is 32.0 Å². The Balaban J connectivity index is 2.06. The molecule has 0 amide bonds. The normalized spacial score (nSPS) is 21.2. The molecule has 0 radical (unpaired) electrons. The van der Waals surface area contributed by atoms with Crippen LogP contribution in [0.3, 0.4) is 0 Å². The fraction of sp³-hybridized carbons (Fsp3) is 0.333. The molecule has 1 unspecified atom stereocenters. The van der Waals surface area contributed by atoms with E-state index in [1.54, 1.807) is 0 Å². The molecule has 0 aromatic heterocycles. The second-order valence-corrected chi connectivity index (χ2v) is 6.98. The summed E-state index contributed by atoms with van der Waals surface area (Å²) in [5.74, 6) is -0.296. The van der Waals surface area contributed by atoms with Crippen LogP contribution in [-0.4, -0.2) is 5.11 Å². The van der Waals surface area contributed by atoms with E-state index in [4.69, 9.17) is 0 Å². The summed E-state index contributed by atoms with van der Waals surface area (Å²) < 4.78 is 15.5. The van der Waals surface area contributed by atoms with Crippen molar-refractivity contribution in [1.29, 1.82) is 0 Å². The van der Waals surface area contributed by atoms with E-state index in [9.17, 15) is 9.50 Å². The topological polar surface area (TPSA) is 20.2 Å². The van der Waals surface area contributed by atoms with Gasteiger partial charge in [-0.1, -0.05) is 28.1 Å². The minimum Gasteiger partial charge on any atom is -0.385 e. The smallest absolute Gasteiger partial charge is 0.129 e. The third-order valence-electron chi connectivity index (χ3n) is 4.36. The van der Waals surface area contributed by atoms with Crippen molar-refractivity contribution in [2.75, 3.05) is 0 Å². The molecule has 0 saturated heterocycles. The summed E-state index contributed by atoms with van der Waals surface area (Å²) in [7, 11) is 0. The summed E-state index contributed by atoms with van der Waals surface area (Å²) in [5, 5.41) is 11.1. The average molecular weight is 349 g/mol. The van der Waals surface area contributed by atoms with Crippen LogP contribution >= 0.6 is 15.9 Å². The van der Waals surface area contributed by atoms with Gasteiger partial charge in [-0.25, -0.2) is 4.39 Å². The van der Waals surface area contributed by atoms with Crippen LogP contribution in [-0.2, 0) is 18.4 Å². The van der Waals surface area contributed by atoms with Crippen LogP contribution < -0.4 is 0 Å². The number of halogens is 2. The zero-order valence-electron chi connectivity index (χ0n) is 12.2. The Hall–Kier alpha value is -1.19. The number of rotatable bonds is 1. The van der Waals surface area contributed by atoms with Gasteiger partial charge in [-0.3, -0.25) is 0 Å². The molecule has 3 heteroatoms. The van der Waals surface area contributed by atoms with E-state index in [2.05, 4.69) is 22.0 Å². The summed E-state index contributed by atoms with van der Waals surface area (Å²) in [6, 6.07) is 9.53. The quantitative estimate of drug-likeness (QED) is 0.799. The van der Waals surface area contributed by atoms with Crippen molar-refractivity contribution < 1.29 is 9.50 Å². The Morgan fingerprint density at radius 1 is 1.14 bits per heavy atom. The molecule has 1 atom stereocenters. The van der Waals surface area contributed by atoms with Gasteiger partial charge in [0.25, 0.3) is 0 Å². The third-order valence-corrected chi connectivity index (χ3v) is 4.85. The summed E-state index contributed by atoms with van der Waals surface area (Å²) >= 11 is 3.47. The van der Waals surface area contributed by atoms with Gasteiger partial charge in [0, 0.05) is 16.5 Å². The Labute approximate surface area is 132 Å². The summed E-state index contributed by atoms with van der Waals surface area (Å²) in [4.78, 5) is 0. The van der Waals surface area contributed by atoms with E-state index in [-0.39, 0.29) is 5.82 Å². The highest BCUT2D eigenvalue weighted by molar-refractivity contribution is 9.10. The first-order valence-electron chi connectivity index (χ1n) is 7.16. The highest BCUT2D eigenvalue weighted by Gasteiger charge is 2.37. The lowest BCUT2D eigenvalue weighted by molar-refractivity contribution is 0.0182. The molecule has 1 aliphatic carbocycles. The van der Waals surface area contributed by atoms with E-state index in [1.165, 1.54) is 11.6 Å².